The zero-order chi connectivity index (χ0) is 42.1. The molecule has 0 radical (unpaired) electrons. The van der Waals surface area contributed by atoms with Gasteiger partial charge in [0, 0.05) is 37.3 Å². The predicted octanol–water partition coefficient (Wildman–Crippen LogP) is 4.01. The molecule has 16 nitrogen and oxygen atoms in total. The van der Waals surface area contributed by atoms with Gasteiger partial charge in [0.2, 0.25) is 0 Å². The van der Waals surface area contributed by atoms with E-state index in [-0.39, 0.29) is 23.3 Å². The summed E-state index contributed by atoms with van der Waals surface area (Å²) in [5.74, 6) is -2.82. The lowest BCUT2D eigenvalue weighted by Crippen LogP contribution is -2.37. The van der Waals surface area contributed by atoms with E-state index in [1.807, 2.05) is 4.57 Å². The molecule has 6 N–H and O–H groups in total. The molecule has 2 saturated carbocycles. The molecule has 3 amide bonds. The first-order valence-corrected chi connectivity index (χ1v) is 19.6. The highest BCUT2D eigenvalue weighted by Gasteiger charge is 2.39. The molecule has 8 rings (SSSR count). The Balaban J connectivity index is 0.000000179. The van der Waals surface area contributed by atoms with Crippen molar-refractivity contribution in [1.29, 1.82) is 0 Å². The fraction of sp³-hybridized carbons (Fsp3) is 0.349. The second-order valence-corrected chi connectivity index (χ2v) is 15.6. The number of fused-ring (bicyclic) bond motifs is 2. The topological polar surface area (TPSA) is 229 Å². The minimum absolute atomic E-state index is 0.145. The smallest absolute Gasteiger partial charge is 0.275 e. The Labute approximate surface area is 338 Å². The summed E-state index contributed by atoms with van der Waals surface area (Å²) in [5, 5.41) is 36.4. The third-order valence-electron chi connectivity index (χ3n) is 11.7. The molecular formula is C43H47N9O7. The quantitative estimate of drug-likeness (QED) is 0.141. The van der Waals surface area contributed by atoms with Gasteiger partial charge in [-0.2, -0.15) is 10.2 Å². The number of nitrogens with one attached hydrogen (secondary N) is 2. The van der Waals surface area contributed by atoms with Crippen LogP contribution in [0, 0.1) is 6.92 Å². The van der Waals surface area contributed by atoms with Crippen LogP contribution in [0.1, 0.15) is 93.8 Å². The molecular weight excluding hydrogens is 755 g/mol. The number of aryl methyl sites for hydroxylation is 1. The molecule has 2 fully saturated rings. The zero-order valence-corrected chi connectivity index (χ0v) is 33.2. The second kappa shape index (κ2) is 16.2. The minimum Gasteiger partial charge on any atom is -0.503 e. The number of rotatable bonds is 9. The van der Waals surface area contributed by atoms with Crippen molar-refractivity contribution >= 4 is 39.5 Å². The van der Waals surface area contributed by atoms with Gasteiger partial charge in [0.1, 0.15) is 5.65 Å². The van der Waals surface area contributed by atoms with Crippen LogP contribution in [0.5, 0.6) is 11.5 Å². The van der Waals surface area contributed by atoms with E-state index in [4.69, 9.17) is 5.73 Å². The molecule has 2 aromatic carbocycles. The van der Waals surface area contributed by atoms with Crippen LogP contribution in [0.25, 0.3) is 21.8 Å². The molecule has 16 heteroatoms. The summed E-state index contributed by atoms with van der Waals surface area (Å²) in [6.45, 7) is 2.87. The summed E-state index contributed by atoms with van der Waals surface area (Å²) < 4.78 is 4.91. The van der Waals surface area contributed by atoms with Gasteiger partial charge in [-0.05, 0) is 61.1 Å². The molecule has 0 aliphatic heterocycles. The average Bonchev–Trinajstić information content (AvgIpc) is 4.00. The molecule has 4 aromatic heterocycles. The van der Waals surface area contributed by atoms with Gasteiger partial charge < -0.3 is 31.1 Å². The number of nitrogens with two attached hydrogens (primary N) is 1. The number of pyridine rings is 1. The van der Waals surface area contributed by atoms with Crippen molar-refractivity contribution in [1.82, 2.24) is 39.7 Å². The number of amides is 3. The minimum atomic E-state index is -0.824. The fourth-order valence-corrected chi connectivity index (χ4v) is 8.77. The van der Waals surface area contributed by atoms with Gasteiger partial charge in [0.05, 0.1) is 36.6 Å². The summed E-state index contributed by atoms with van der Waals surface area (Å²) in [6.07, 6.45) is 13.6. The molecule has 0 unspecified atom stereocenters. The first-order chi connectivity index (χ1) is 28.3. The molecule has 306 valence electrons. The third kappa shape index (κ3) is 7.77. The van der Waals surface area contributed by atoms with E-state index in [1.54, 1.807) is 29.2 Å². The lowest BCUT2D eigenvalue weighted by atomic mass is 9.78. The zero-order valence-electron chi connectivity index (χ0n) is 33.2. The van der Waals surface area contributed by atoms with Crippen LogP contribution in [-0.2, 0) is 24.0 Å². The Bertz CT molecular complexity index is 2720. The summed E-state index contributed by atoms with van der Waals surface area (Å²) in [5.41, 5.74) is 6.17. The first kappa shape index (κ1) is 40.4. The normalized spacial score (nSPS) is 15.4. The maximum absolute atomic E-state index is 12.1. The van der Waals surface area contributed by atoms with Gasteiger partial charge in [-0.25, -0.2) is 4.98 Å². The first-order valence-electron chi connectivity index (χ1n) is 19.6. The van der Waals surface area contributed by atoms with Crippen molar-refractivity contribution in [3.8, 4) is 11.5 Å². The van der Waals surface area contributed by atoms with Gasteiger partial charge in [-0.1, -0.05) is 67.6 Å². The highest BCUT2D eigenvalue weighted by Crippen LogP contribution is 2.44. The fourth-order valence-electron chi connectivity index (χ4n) is 8.77. The van der Waals surface area contributed by atoms with Crippen molar-refractivity contribution in [3.05, 3.63) is 122 Å². The number of aromatic hydroxyl groups is 2. The van der Waals surface area contributed by atoms with Gasteiger partial charge in [-0.3, -0.25) is 33.3 Å². The van der Waals surface area contributed by atoms with Crippen LogP contribution in [-0.4, -0.2) is 71.1 Å². The van der Waals surface area contributed by atoms with Gasteiger partial charge in [-0.15, -0.1) is 0 Å². The lowest BCUT2D eigenvalue weighted by Gasteiger charge is -2.32. The Kier molecular flexibility index (Phi) is 11.1. The molecule has 6 aromatic rings. The number of carbonyl (C=O) groups is 3. The van der Waals surface area contributed by atoms with Crippen LogP contribution in [0.4, 0.5) is 0 Å². The highest BCUT2D eigenvalue weighted by molar-refractivity contribution is 6.05. The van der Waals surface area contributed by atoms with Gasteiger partial charge >= 0.3 is 0 Å². The Morgan fingerprint density at radius 3 is 1.92 bits per heavy atom. The van der Waals surface area contributed by atoms with E-state index in [2.05, 4.69) is 69.1 Å². The summed E-state index contributed by atoms with van der Waals surface area (Å²) >= 11 is 0. The van der Waals surface area contributed by atoms with Crippen molar-refractivity contribution < 1.29 is 24.6 Å². The van der Waals surface area contributed by atoms with Crippen LogP contribution in [0.15, 0.2) is 82.9 Å². The number of primary amides is 1. The maximum atomic E-state index is 12.1. The molecule has 0 bridgehead atoms. The number of carbonyl (C=O) groups excluding carboxylic acids is 3. The molecule has 59 heavy (non-hydrogen) atoms. The van der Waals surface area contributed by atoms with E-state index in [0.717, 1.165) is 51.4 Å². The van der Waals surface area contributed by atoms with E-state index in [9.17, 15) is 34.2 Å². The monoisotopic (exact) mass is 801 g/mol. The number of hydrogen-bond acceptors (Lipinski definition) is 10. The maximum Gasteiger partial charge on any atom is 0.275 e. The molecule has 0 saturated heterocycles. The van der Waals surface area contributed by atoms with Crippen LogP contribution < -0.4 is 27.2 Å². The standard InChI is InChI=1S/C23H25N3O3.C20H22N6O4/c1-15-5-6-17-12-18(8-7-16(17)11-15)23(9-3-4-10-23)14-26-13-19(27)21(28)20(25-26)22(29)24-2;1-22-19(30)15-16(28)14(27)10-25(24-15)11-20(6-2-3-7-20)26-9-13(17(21)29)12-5-4-8-23-18(12)26/h5-8,11-13,27H,3-4,9-10,14H2,1-2H3,(H,24,29);4-5,8-10,27H,2-3,6-7,11H2,1H3,(H2,21,29)(H,22,30). The predicted molar refractivity (Wildman–Crippen MR) is 221 cm³/mol. The molecule has 2 aliphatic carbocycles. The van der Waals surface area contributed by atoms with Crippen LogP contribution >= 0.6 is 0 Å². The number of hydrogen-bond donors (Lipinski definition) is 5. The van der Waals surface area contributed by atoms with E-state index in [0.29, 0.717) is 23.1 Å². The Morgan fingerprint density at radius 2 is 1.32 bits per heavy atom. The number of benzene rings is 2. The average molecular weight is 802 g/mol. The largest absolute Gasteiger partial charge is 0.503 e. The van der Waals surface area contributed by atoms with E-state index in [1.165, 1.54) is 53.1 Å². The van der Waals surface area contributed by atoms with Crippen LogP contribution in [0.3, 0.4) is 0 Å². The Morgan fingerprint density at radius 1 is 0.763 bits per heavy atom. The molecule has 2 aliphatic rings. The van der Waals surface area contributed by atoms with Gasteiger partial charge in [0.15, 0.2) is 22.9 Å². The summed E-state index contributed by atoms with van der Waals surface area (Å²) in [7, 11) is 2.83. The lowest BCUT2D eigenvalue weighted by molar-refractivity contribution is 0.0945. The second-order valence-electron chi connectivity index (χ2n) is 15.6. The molecule has 0 spiro atoms. The van der Waals surface area contributed by atoms with Crippen molar-refractivity contribution in [3.63, 3.8) is 0 Å². The van der Waals surface area contributed by atoms with Crippen molar-refractivity contribution in [2.24, 2.45) is 5.73 Å². The molecule has 4 heterocycles. The van der Waals surface area contributed by atoms with Gasteiger partial charge in [0.25, 0.3) is 28.6 Å². The number of aromatic nitrogens is 6. The Hall–Kier alpha value is -6.84. The van der Waals surface area contributed by atoms with Crippen LogP contribution in [0.2, 0.25) is 0 Å². The van der Waals surface area contributed by atoms with E-state index < -0.39 is 45.6 Å². The summed E-state index contributed by atoms with van der Waals surface area (Å²) in [4.78, 5) is 64.7. The van der Waals surface area contributed by atoms with Crippen molar-refractivity contribution in [2.45, 2.75) is 82.3 Å². The SMILES string of the molecule is CNC(=O)c1nn(CC2(c3ccc4cc(C)ccc4c3)CCCC2)cc(O)c1=O.CNC(=O)c1nn(CC2(n3cc(C(N)=O)c4cccnc43)CCCC2)cc(O)c1=O. The number of nitrogens with zero attached hydrogens (tertiary/aromatic N) is 6. The summed E-state index contributed by atoms with van der Waals surface area (Å²) in [6, 6.07) is 16.6. The van der Waals surface area contributed by atoms with Crippen molar-refractivity contribution in [2.75, 3.05) is 14.1 Å². The van der Waals surface area contributed by atoms with E-state index >= 15 is 0 Å². The highest BCUT2D eigenvalue weighted by atomic mass is 16.3. The third-order valence-corrected chi connectivity index (χ3v) is 11.7. The molecule has 0 atom stereocenters.